The zero-order valence-corrected chi connectivity index (χ0v) is 19.3. The number of carbonyl (C=O) groups excluding carboxylic acids is 1. The lowest BCUT2D eigenvalue weighted by atomic mass is 10.0. The number of fused-ring (bicyclic) bond motifs is 1. The van der Waals surface area contributed by atoms with Crippen LogP contribution < -0.4 is 14.8 Å². The third-order valence-corrected chi connectivity index (χ3v) is 6.17. The molecule has 2 aromatic rings. The standard InChI is InChI=1S/C25H27ClF2N2O4/c26-19-6-3-17(4-7-19)9-10-25(27,28)24(32)29-20(16-30-11-1-2-12-30)23(31)18-5-8-21-22(15-18)34-14-13-33-21/h3-10,15,20,23,31H,1-2,11-14,16H2,(H,29,32)/b10-9+/t20-,23-/m1/s1. The van der Waals surface area contributed by atoms with Gasteiger partial charge >= 0.3 is 5.92 Å². The van der Waals surface area contributed by atoms with Gasteiger partial charge < -0.3 is 24.8 Å². The molecule has 0 unspecified atom stereocenters. The Morgan fingerprint density at radius 2 is 1.79 bits per heavy atom. The summed E-state index contributed by atoms with van der Waals surface area (Å²) in [5.74, 6) is -4.21. The smallest absolute Gasteiger partial charge is 0.343 e. The minimum Gasteiger partial charge on any atom is -0.486 e. The molecular weight excluding hydrogens is 466 g/mol. The van der Waals surface area contributed by atoms with Crippen molar-refractivity contribution in [2.75, 3.05) is 32.8 Å². The maximum atomic E-state index is 14.7. The molecule has 1 fully saturated rings. The van der Waals surface area contributed by atoms with E-state index in [1.807, 2.05) is 4.90 Å². The van der Waals surface area contributed by atoms with E-state index >= 15 is 0 Å². The summed E-state index contributed by atoms with van der Waals surface area (Å²) in [6.45, 7) is 2.63. The summed E-state index contributed by atoms with van der Waals surface area (Å²) in [5.41, 5.74) is 0.940. The molecule has 0 spiro atoms. The van der Waals surface area contributed by atoms with Crippen molar-refractivity contribution in [3.8, 4) is 11.5 Å². The highest BCUT2D eigenvalue weighted by Crippen LogP contribution is 2.34. The van der Waals surface area contributed by atoms with Gasteiger partial charge in [0.05, 0.1) is 6.04 Å². The molecule has 0 radical (unpaired) electrons. The van der Waals surface area contributed by atoms with Gasteiger partial charge in [0.25, 0.3) is 5.91 Å². The molecule has 9 heteroatoms. The fraction of sp³-hybridized carbons (Fsp3) is 0.400. The monoisotopic (exact) mass is 492 g/mol. The number of hydrogen-bond acceptors (Lipinski definition) is 5. The Morgan fingerprint density at radius 1 is 1.12 bits per heavy atom. The van der Waals surface area contributed by atoms with Crippen molar-refractivity contribution in [3.05, 3.63) is 64.7 Å². The van der Waals surface area contributed by atoms with E-state index < -0.39 is 24.0 Å². The van der Waals surface area contributed by atoms with Crippen LogP contribution in [-0.4, -0.2) is 60.7 Å². The topological polar surface area (TPSA) is 71.0 Å². The second-order valence-corrected chi connectivity index (χ2v) is 8.88. The van der Waals surface area contributed by atoms with Crippen LogP contribution in [0.4, 0.5) is 8.78 Å². The number of aliphatic hydroxyl groups is 1. The predicted molar refractivity (Wildman–Crippen MR) is 125 cm³/mol. The lowest BCUT2D eigenvalue weighted by Gasteiger charge is -2.30. The highest BCUT2D eigenvalue weighted by atomic mass is 35.5. The van der Waals surface area contributed by atoms with Crippen LogP contribution in [0.5, 0.6) is 11.5 Å². The number of likely N-dealkylation sites (tertiary alicyclic amines) is 1. The van der Waals surface area contributed by atoms with Crippen LogP contribution in [0, 0.1) is 0 Å². The molecule has 0 aromatic heterocycles. The SMILES string of the molecule is O=C(N[C@H](CN1CCCC1)[C@H](O)c1ccc2c(c1)OCCO2)C(F)(F)/C=C/c1ccc(Cl)cc1. The molecule has 2 N–H and O–H groups in total. The first-order valence-corrected chi connectivity index (χ1v) is 11.6. The number of nitrogens with zero attached hydrogens (tertiary/aromatic N) is 1. The largest absolute Gasteiger partial charge is 0.486 e. The average Bonchev–Trinajstić information content (AvgIpc) is 3.35. The summed E-state index contributed by atoms with van der Waals surface area (Å²) in [7, 11) is 0. The molecule has 4 rings (SSSR count). The van der Waals surface area contributed by atoms with Crippen LogP contribution in [0.15, 0.2) is 48.5 Å². The van der Waals surface area contributed by atoms with Gasteiger partial charge in [-0.05, 0) is 67.4 Å². The number of benzene rings is 2. The third kappa shape index (κ3) is 6.05. The van der Waals surface area contributed by atoms with E-state index in [1.165, 1.54) is 6.08 Å². The number of amides is 1. The predicted octanol–water partition coefficient (Wildman–Crippen LogP) is 4.07. The molecule has 2 heterocycles. The maximum absolute atomic E-state index is 14.7. The molecule has 0 saturated carbocycles. The zero-order chi connectivity index (χ0) is 24.1. The summed E-state index contributed by atoms with van der Waals surface area (Å²) < 4.78 is 40.5. The molecule has 6 nitrogen and oxygen atoms in total. The van der Waals surface area contributed by atoms with Gasteiger partial charge in [0.2, 0.25) is 0 Å². The Morgan fingerprint density at radius 3 is 2.50 bits per heavy atom. The Bertz CT molecular complexity index is 1030. The highest BCUT2D eigenvalue weighted by Gasteiger charge is 2.39. The van der Waals surface area contributed by atoms with Crippen LogP contribution in [-0.2, 0) is 4.79 Å². The van der Waals surface area contributed by atoms with Gasteiger partial charge in [0.1, 0.15) is 19.3 Å². The van der Waals surface area contributed by atoms with E-state index in [4.69, 9.17) is 21.1 Å². The van der Waals surface area contributed by atoms with E-state index in [2.05, 4.69) is 5.32 Å². The second-order valence-electron chi connectivity index (χ2n) is 8.44. The molecule has 2 aliphatic rings. The Balaban J connectivity index is 1.50. The number of halogens is 3. The number of alkyl halides is 2. The minimum atomic E-state index is -3.77. The first kappa shape index (κ1) is 24.4. The number of rotatable bonds is 8. The van der Waals surface area contributed by atoms with Gasteiger partial charge in [0.15, 0.2) is 11.5 Å². The quantitative estimate of drug-likeness (QED) is 0.581. The molecule has 182 valence electrons. The summed E-state index contributed by atoms with van der Waals surface area (Å²) in [4.78, 5) is 14.6. The first-order valence-electron chi connectivity index (χ1n) is 11.3. The van der Waals surface area contributed by atoms with Crippen LogP contribution in [0.3, 0.4) is 0 Å². The third-order valence-electron chi connectivity index (χ3n) is 5.92. The van der Waals surface area contributed by atoms with Crippen LogP contribution >= 0.6 is 11.6 Å². The molecule has 2 aliphatic heterocycles. The van der Waals surface area contributed by atoms with E-state index in [0.29, 0.717) is 46.9 Å². The molecule has 0 aliphatic carbocycles. The number of aliphatic hydroxyl groups excluding tert-OH is 1. The van der Waals surface area contributed by atoms with Gasteiger partial charge in [-0.15, -0.1) is 0 Å². The van der Waals surface area contributed by atoms with Gasteiger partial charge in [-0.2, -0.15) is 8.78 Å². The van der Waals surface area contributed by atoms with Crippen molar-refractivity contribution in [2.24, 2.45) is 0 Å². The molecule has 1 amide bonds. The number of nitrogens with one attached hydrogen (secondary N) is 1. The van der Waals surface area contributed by atoms with Gasteiger partial charge in [-0.25, -0.2) is 0 Å². The highest BCUT2D eigenvalue weighted by molar-refractivity contribution is 6.30. The lowest BCUT2D eigenvalue weighted by molar-refractivity contribution is -0.141. The van der Waals surface area contributed by atoms with Crippen molar-refractivity contribution >= 4 is 23.6 Å². The number of carbonyl (C=O) groups is 1. The average molecular weight is 493 g/mol. The molecule has 34 heavy (non-hydrogen) atoms. The van der Waals surface area contributed by atoms with Gasteiger partial charge in [-0.3, -0.25) is 4.79 Å². The Kier molecular flexibility index (Phi) is 7.70. The normalized spacial score (nSPS) is 18.1. The Hall–Kier alpha value is -2.68. The molecular formula is C25H27ClF2N2O4. The van der Waals surface area contributed by atoms with Crippen molar-refractivity contribution in [2.45, 2.75) is 30.9 Å². The van der Waals surface area contributed by atoms with Crippen molar-refractivity contribution in [3.63, 3.8) is 0 Å². The number of hydrogen-bond donors (Lipinski definition) is 2. The fourth-order valence-corrected chi connectivity index (χ4v) is 4.19. The van der Waals surface area contributed by atoms with Crippen LogP contribution in [0.25, 0.3) is 6.08 Å². The van der Waals surface area contributed by atoms with E-state index in [-0.39, 0.29) is 6.54 Å². The Labute approximate surface area is 202 Å². The first-order chi connectivity index (χ1) is 16.3. The second kappa shape index (κ2) is 10.7. The zero-order valence-electron chi connectivity index (χ0n) is 18.6. The van der Waals surface area contributed by atoms with Crippen molar-refractivity contribution in [1.29, 1.82) is 0 Å². The molecule has 1 saturated heterocycles. The summed E-state index contributed by atoms with van der Waals surface area (Å²) >= 11 is 5.82. The molecule has 2 atom stereocenters. The van der Waals surface area contributed by atoms with E-state index in [0.717, 1.165) is 25.9 Å². The van der Waals surface area contributed by atoms with Gasteiger partial charge in [0, 0.05) is 11.6 Å². The molecule has 0 bridgehead atoms. The van der Waals surface area contributed by atoms with Crippen LogP contribution in [0.1, 0.15) is 30.1 Å². The van der Waals surface area contributed by atoms with E-state index in [9.17, 15) is 18.7 Å². The van der Waals surface area contributed by atoms with Crippen molar-refractivity contribution < 1.29 is 28.2 Å². The minimum absolute atomic E-state index is 0.248. The summed E-state index contributed by atoms with van der Waals surface area (Å²) in [6.07, 6.45) is 2.48. The van der Waals surface area contributed by atoms with Gasteiger partial charge in [-0.1, -0.05) is 35.9 Å². The van der Waals surface area contributed by atoms with E-state index in [1.54, 1.807) is 42.5 Å². The fourth-order valence-electron chi connectivity index (χ4n) is 4.06. The number of ether oxygens (including phenoxy) is 2. The summed E-state index contributed by atoms with van der Waals surface area (Å²) in [6, 6.07) is 10.3. The molecule has 2 aromatic carbocycles. The van der Waals surface area contributed by atoms with Crippen LogP contribution in [0.2, 0.25) is 5.02 Å². The summed E-state index contributed by atoms with van der Waals surface area (Å²) in [5, 5.41) is 13.9. The maximum Gasteiger partial charge on any atom is 0.343 e. The van der Waals surface area contributed by atoms with Crippen molar-refractivity contribution in [1.82, 2.24) is 10.2 Å². The lowest BCUT2D eigenvalue weighted by Crippen LogP contribution is -2.51.